The van der Waals surface area contributed by atoms with Gasteiger partial charge in [0.25, 0.3) is 0 Å². The lowest BCUT2D eigenvalue weighted by molar-refractivity contribution is 0.000204. The fourth-order valence-electron chi connectivity index (χ4n) is 2.19. The van der Waals surface area contributed by atoms with E-state index in [1.165, 1.54) is 11.1 Å². The highest BCUT2D eigenvalue weighted by Crippen LogP contribution is 2.26. The van der Waals surface area contributed by atoms with Gasteiger partial charge in [0, 0.05) is 6.54 Å². The molecule has 2 rings (SSSR count). The van der Waals surface area contributed by atoms with Crippen molar-refractivity contribution in [2.75, 3.05) is 6.54 Å². The van der Waals surface area contributed by atoms with Crippen LogP contribution in [0.25, 0.3) is 0 Å². The van der Waals surface area contributed by atoms with E-state index < -0.39 is 0 Å². The fourth-order valence-corrected chi connectivity index (χ4v) is 2.19. The van der Waals surface area contributed by atoms with Gasteiger partial charge in [-0.1, -0.05) is 60.2 Å². The van der Waals surface area contributed by atoms with Gasteiger partial charge >= 0.3 is 0 Å². The number of hydrogen-bond acceptors (Lipinski definition) is 2. The standard InChI is InChI=1S/C17H21NO/c1-13-7-6-10-16(11-13)17(12-18)19-14(2)15-8-4-3-5-9-15/h3-11,14,17H,12,18H2,1-2H3. The molecule has 2 heteroatoms. The molecule has 0 aliphatic carbocycles. The van der Waals surface area contributed by atoms with Crippen LogP contribution < -0.4 is 5.73 Å². The van der Waals surface area contributed by atoms with Gasteiger partial charge in [0.15, 0.2) is 0 Å². The Kier molecular flexibility index (Phi) is 4.72. The highest BCUT2D eigenvalue weighted by Gasteiger charge is 2.15. The van der Waals surface area contributed by atoms with Crippen LogP contribution in [0.5, 0.6) is 0 Å². The number of rotatable bonds is 5. The summed E-state index contributed by atoms with van der Waals surface area (Å²) in [5.74, 6) is 0. The Hall–Kier alpha value is -1.64. The second kappa shape index (κ2) is 6.50. The molecule has 0 saturated carbocycles. The summed E-state index contributed by atoms with van der Waals surface area (Å²) in [4.78, 5) is 0. The first-order valence-corrected chi connectivity index (χ1v) is 6.67. The largest absolute Gasteiger partial charge is 0.365 e. The van der Waals surface area contributed by atoms with Crippen molar-refractivity contribution in [2.24, 2.45) is 5.73 Å². The Labute approximate surface area is 115 Å². The van der Waals surface area contributed by atoms with Crippen molar-refractivity contribution in [1.82, 2.24) is 0 Å². The third kappa shape index (κ3) is 3.66. The van der Waals surface area contributed by atoms with Crippen LogP contribution in [0, 0.1) is 6.92 Å². The molecule has 0 saturated heterocycles. The van der Waals surface area contributed by atoms with Crippen molar-refractivity contribution < 1.29 is 4.74 Å². The molecular formula is C17H21NO. The maximum absolute atomic E-state index is 6.10. The third-order valence-electron chi connectivity index (χ3n) is 3.27. The van der Waals surface area contributed by atoms with Gasteiger partial charge in [0.1, 0.15) is 0 Å². The number of hydrogen-bond donors (Lipinski definition) is 1. The molecular weight excluding hydrogens is 234 g/mol. The average Bonchev–Trinajstić information content (AvgIpc) is 2.45. The van der Waals surface area contributed by atoms with Crippen LogP contribution in [-0.4, -0.2) is 6.54 Å². The maximum Gasteiger partial charge on any atom is 0.0955 e. The van der Waals surface area contributed by atoms with Crippen molar-refractivity contribution in [3.05, 3.63) is 71.3 Å². The van der Waals surface area contributed by atoms with E-state index in [1.807, 2.05) is 24.3 Å². The summed E-state index contributed by atoms with van der Waals surface area (Å²) in [5, 5.41) is 0. The van der Waals surface area contributed by atoms with Gasteiger partial charge in [-0.05, 0) is 25.0 Å². The quantitative estimate of drug-likeness (QED) is 0.882. The Balaban J connectivity index is 2.11. The number of benzene rings is 2. The second-order valence-corrected chi connectivity index (χ2v) is 4.83. The molecule has 2 aromatic carbocycles. The van der Waals surface area contributed by atoms with Crippen molar-refractivity contribution in [2.45, 2.75) is 26.1 Å². The Morgan fingerprint density at radius 2 is 1.68 bits per heavy atom. The smallest absolute Gasteiger partial charge is 0.0955 e. The minimum absolute atomic E-state index is 0.0373. The van der Waals surface area contributed by atoms with E-state index in [9.17, 15) is 0 Å². The molecule has 0 radical (unpaired) electrons. The summed E-state index contributed by atoms with van der Waals surface area (Å²) in [6.07, 6.45) is -0.0228. The summed E-state index contributed by atoms with van der Waals surface area (Å²) in [7, 11) is 0. The molecule has 0 bridgehead atoms. The predicted molar refractivity (Wildman–Crippen MR) is 78.9 cm³/mol. The predicted octanol–water partition coefficient (Wildman–Crippen LogP) is 3.77. The van der Waals surface area contributed by atoms with E-state index in [4.69, 9.17) is 10.5 Å². The summed E-state index contributed by atoms with van der Waals surface area (Å²) in [6.45, 7) is 4.63. The van der Waals surface area contributed by atoms with Gasteiger partial charge in [0.2, 0.25) is 0 Å². The summed E-state index contributed by atoms with van der Waals surface area (Å²) in [6, 6.07) is 18.6. The van der Waals surface area contributed by atoms with Gasteiger partial charge in [-0.15, -0.1) is 0 Å². The van der Waals surface area contributed by atoms with Crippen LogP contribution in [0.4, 0.5) is 0 Å². The minimum atomic E-state index is -0.0601. The van der Waals surface area contributed by atoms with Crippen LogP contribution in [0.3, 0.4) is 0 Å². The molecule has 0 aliphatic rings. The molecule has 2 N–H and O–H groups in total. The summed E-state index contributed by atoms with van der Waals surface area (Å²) in [5.41, 5.74) is 9.40. The van der Waals surface area contributed by atoms with Crippen LogP contribution in [-0.2, 0) is 4.74 Å². The highest BCUT2D eigenvalue weighted by molar-refractivity contribution is 5.25. The molecule has 19 heavy (non-hydrogen) atoms. The lowest BCUT2D eigenvalue weighted by Crippen LogP contribution is -2.17. The van der Waals surface area contributed by atoms with Crippen LogP contribution in [0.2, 0.25) is 0 Å². The molecule has 2 nitrogen and oxygen atoms in total. The monoisotopic (exact) mass is 255 g/mol. The molecule has 2 aromatic rings. The zero-order valence-electron chi connectivity index (χ0n) is 11.5. The molecule has 2 unspecified atom stereocenters. The SMILES string of the molecule is Cc1cccc(C(CN)OC(C)c2ccccc2)c1. The first-order valence-electron chi connectivity index (χ1n) is 6.67. The first kappa shape index (κ1) is 13.8. The van der Waals surface area contributed by atoms with Gasteiger partial charge in [-0.25, -0.2) is 0 Å². The Morgan fingerprint density at radius 3 is 2.32 bits per heavy atom. The topological polar surface area (TPSA) is 35.2 Å². The van der Waals surface area contributed by atoms with E-state index in [1.54, 1.807) is 0 Å². The van der Waals surface area contributed by atoms with E-state index in [2.05, 4.69) is 44.2 Å². The Morgan fingerprint density at radius 1 is 1.00 bits per heavy atom. The Bertz CT molecular complexity index is 510. The van der Waals surface area contributed by atoms with Crippen molar-refractivity contribution >= 4 is 0 Å². The van der Waals surface area contributed by atoms with Gasteiger partial charge in [-0.2, -0.15) is 0 Å². The molecule has 100 valence electrons. The normalized spacial score (nSPS) is 14.1. The third-order valence-corrected chi connectivity index (χ3v) is 3.27. The molecule has 0 aromatic heterocycles. The number of ether oxygens (including phenoxy) is 1. The van der Waals surface area contributed by atoms with Crippen molar-refractivity contribution in [3.63, 3.8) is 0 Å². The zero-order valence-corrected chi connectivity index (χ0v) is 11.5. The number of nitrogens with two attached hydrogens (primary N) is 1. The molecule has 0 amide bonds. The lowest BCUT2D eigenvalue weighted by atomic mass is 10.1. The van der Waals surface area contributed by atoms with Gasteiger partial charge in [-0.3, -0.25) is 0 Å². The second-order valence-electron chi connectivity index (χ2n) is 4.83. The molecule has 0 spiro atoms. The zero-order chi connectivity index (χ0) is 13.7. The van der Waals surface area contributed by atoms with E-state index in [-0.39, 0.29) is 12.2 Å². The average molecular weight is 255 g/mol. The minimum Gasteiger partial charge on any atom is -0.365 e. The highest BCUT2D eigenvalue weighted by atomic mass is 16.5. The molecule has 2 atom stereocenters. The van der Waals surface area contributed by atoms with Gasteiger partial charge in [0.05, 0.1) is 12.2 Å². The van der Waals surface area contributed by atoms with E-state index in [0.29, 0.717) is 6.54 Å². The van der Waals surface area contributed by atoms with E-state index >= 15 is 0 Å². The summed E-state index contributed by atoms with van der Waals surface area (Å²) >= 11 is 0. The lowest BCUT2D eigenvalue weighted by Gasteiger charge is -2.22. The molecule has 0 aliphatic heterocycles. The molecule has 0 heterocycles. The number of aryl methyl sites for hydroxylation is 1. The fraction of sp³-hybridized carbons (Fsp3) is 0.294. The molecule has 0 fully saturated rings. The maximum atomic E-state index is 6.10. The van der Waals surface area contributed by atoms with Crippen LogP contribution in [0.1, 0.15) is 35.8 Å². The van der Waals surface area contributed by atoms with Crippen LogP contribution >= 0.6 is 0 Å². The van der Waals surface area contributed by atoms with E-state index in [0.717, 1.165) is 5.56 Å². The van der Waals surface area contributed by atoms with Crippen molar-refractivity contribution in [3.8, 4) is 0 Å². The summed E-state index contributed by atoms with van der Waals surface area (Å²) < 4.78 is 6.10. The van der Waals surface area contributed by atoms with Gasteiger partial charge < -0.3 is 10.5 Å². The van der Waals surface area contributed by atoms with Crippen LogP contribution in [0.15, 0.2) is 54.6 Å². The first-order chi connectivity index (χ1) is 9.20. The van der Waals surface area contributed by atoms with Crippen molar-refractivity contribution in [1.29, 1.82) is 0 Å².